The van der Waals surface area contributed by atoms with Gasteiger partial charge in [-0.1, -0.05) is 72.5 Å². The van der Waals surface area contributed by atoms with Gasteiger partial charge in [0.15, 0.2) is 0 Å². The van der Waals surface area contributed by atoms with Crippen LogP contribution in [0.4, 0.5) is 4.11 Å². The number of allylic oxidation sites excluding steroid dienone is 1. The maximum absolute atomic E-state index is 15.7. The van der Waals surface area contributed by atoms with E-state index in [0.29, 0.717) is 4.79 Å². The first kappa shape index (κ1) is 22.3. The van der Waals surface area contributed by atoms with Gasteiger partial charge in [-0.2, -0.15) is 0 Å². The van der Waals surface area contributed by atoms with E-state index in [1.54, 1.807) is 0 Å². The highest BCUT2D eigenvalue weighted by Crippen LogP contribution is 2.62. The van der Waals surface area contributed by atoms with E-state index in [-0.39, 0.29) is 10.1 Å². The van der Waals surface area contributed by atoms with Crippen molar-refractivity contribution >= 4 is 24.6 Å². The van der Waals surface area contributed by atoms with Crippen LogP contribution in [-0.4, -0.2) is 24.6 Å². The largest absolute Gasteiger partial charge is 0.315 e. The van der Waals surface area contributed by atoms with Crippen LogP contribution >= 0.6 is 0 Å². The fourth-order valence-corrected chi connectivity index (χ4v) is 34.9. The monoisotopic (exact) mass is 360 g/mol. The Morgan fingerprint density at radius 3 is 1.27 bits per heavy atom. The van der Waals surface area contributed by atoms with Crippen molar-refractivity contribution in [2.45, 2.75) is 103 Å². The van der Waals surface area contributed by atoms with E-state index >= 15 is 4.11 Å². The SMILES string of the molecule is CC(C)=C[Si](C([Si](C)(C)C)[Si](C)(C)F)(C(C)(C)C)C(C)(C)C. The highest BCUT2D eigenvalue weighted by molar-refractivity contribution is 7.15. The third-order valence-corrected chi connectivity index (χ3v) is 27.1. The van der Waals surface area contributed by atoms with E-state index in [1.165, 1.54) is 5.57 Å². The zero-order chi connectivity index (χ0) is 18.4. The Morgan fingerprint density at radius 1 is 0.818 bits per heavy atom. The highest BCUT2D eigenvalue weighted by atomic mass is 28.5. The molecule has 0 rings (SSSR count). The van der Waals surface area contributed by atoms with Crippen LogP contribution in [0.1, 0.15) is 55.4 Å². The Labute approximate surface area is 143 Å². The van der Waals surface area contributed by atoms with Gasteiger partial charge >= 0.3 is 0 Å². The van der Waals surface area contributed by atoms with Gasteiger partial charge in [0.05, 0.1) is 8.07 Å². The van der Waals surface area contributed by atoms with E-state index in [9.17, 15) is 0 Å². The molecule has 0 spiro atoms. The molecule has 0 aliphatic heterocycles. The zero-order valence-electron chi connectivity index (χ0n) is 17.5. The molecule has 0 radical (unpaired) electrons. The average molecular weight is 361 g/mol. The molecule has 0 nitrogen and oxygen atoms in total. The van der Waals surface area contributed by atoms with Crippen molar-refractivity contribution < 1.29 is 4.11 Å². The summed E-state index contributed by atoms with van der Waals surface area (Å²) >= 11 is 0. The lowest BCUT2D eigenvalue weighted by Gasteiger charge is -2.60. The Hall–Kier alpha value is 0.321. The van der Waals surface area contributed by atoms with Crippen LogP contribution in [0.15, 0.2) is 11.3 Å². The van der Waals surface area contributed by atoms with Crippen LogP contribution in [0.3, 0.4) is 0 Å². The van der Waals surface area contributed by atoms with E-state index in [2.05, 4.69) is 80.7 Å². The Morgan fingerprint density at radius 2 is 1.14 bits per heavy atom. The van der Waals surface area contributed by atoms with Gasteiger partial charge in [0, 0.05) is 8.07 Å². The van der Waals surface area contributed by atoms with Crippen molar-refractivity contribution in [3.63, 3.8) is 0 Å². The molecule has 0 saturated heterocycles. The third-order valence-electron chi connectivity index (χ3n) is 5.01. The first-order valence-electron chi connectivity index (χ1n) is 8.63. The number of rotatable bonds is 4. The van der Waals surface area contributed by atoms with Crippen molar-refractivity contribution in [2.75, 3.05) is 0 Å². The summed E-state index contributed by atoms with van der Waals surface area (Å²) in [5, 5.41) is 0.313. The van der Waals surface area contributed by atoms with Gasteiger partial charge in [0.2, 0.25) is 8.41 Å². The molecule has 1 unspecified atom stereocenters. The third kappa shape index (κ3) is 4.44. The summed E-state index contributed by atoms with van der Waals surface area (Å²) in [7, 11) is -6.48. The quantitative estimate of drug-likeness (QED) is 0.359. The summed E-state index contributed by atoms with van der Waals surface area (Å²) in [4.78, 5) is 0.322. The predicted octanol–water partition coefficient (Wildman–Crippen LogP) is 7.50. The fourth-order valence-electron chi connectivity index (χ4n) is 5.22. The fraction of sp³-hybridized carbons (Fsp3) is 0.889. The summed E-state index contributed by atoms with van der Waals surface area (Å²) in [5.41, 5.74) is 3.95. The number of hydrogen-bond donors (Lipinski definition) is 0. The van der Waals surface area contributed by atoms with Crippen LogP contribution in [0.25, 0.3) is 0 Å². The molecule has 0 saturated carbocycles. The van der Waals surface area contributed by atoms with Crippen molar-refractivity contribution in [3.05, 3.63) is 11.3 Å². The van der Waals surface area contributed by atoms with Crippen LogP contribution in [-0.2, 0) is 0 Å². The second-order valence-corrected chi connectivity index (χ2v) is 27.3. The molecule has 0 aromatic heterocycles. The molecule has 22 heavy (non-hydrogen) atoms. The van der Waals surface area contributed by atoms with Crippen LogP contribution < -0.4 is 0 Å². The molecular formula is C18H41FSi3. The van der Waals surface area contributed by atoms with Gasteiger partial charge in [0.25, 0.3) is 0 Å². The predicted molar refractivity (Wildman–Crippen MR) is 110 cm³/mol. The summed E-state index contributed by atoms with van der Waals surface area (Å²) in [5.74, 6) is 0. The Bertz CT molecular complexity index is 380. The normalized spacial score (nSPS) is 16.5. The van der Waals surface area contributed by atoms with Gasteiger partial charge in [-0.3, -0.25) is 0 Å². The molecule has 132 valence electrons. The van der Waals surface area contributed by atoms with E-state index in [0.717, 1.165) is 0 Å². The summed E-state index contributed by atoms with van der Waals surface area (Å²) in [6, 6.07) is 0. The molecule has 0 heterocycles. The average Bonchev–Trinajstić information content (AvgIpc) is 2.06. The first-order chi connectivity index (χ1) is 9.28. The van der Waals surface area contributed by atoms with Crippen molar-refractivity contribution in [2.24, 2.45) is 0 Å². The van der Waals surface area contributed by atoms with Gasteiger partial charge < -0.3 is 4.11 Å². The van der Waals surface area contributed by atoms with Crippen LogP contribution in [0, 0.1) is 0 Å². The van der Waals surface area contributed by atoms with Crippen molar-refractivity contribution in [1.29, 1.82) is 0 Å². The van der Waals surface area contributed by atoms with Gasteiger partial charge in [-0.25, -0.2) is 0 Å². The second kappa shape index (κ2) is 6.32. The Kier molecular flexibility index (Phi) is 6.41. The maximum Gasteiger partial charge on any atom is 0.239 e. The zero-order valence-corrected chi connectivity index (χ0v) is 20.5. The van der Waals surface area contributed by atoms with Crippen molar-refractivity contribution in [1.82, 2.24) is 0 Å². The van der Waals surface area contributed by atoms with Gasteiger partial charge in [-0.15, -0.1) is 0 Å². The second-order valence-electron chi connectivity index (χ2n) is 11.0. The molecule has 0 aliphatic rings. The summed E-state index contributed by atoms with van der Waals surface area (Å²) in [6.07, 6.45) is 0. The van der Waals surface area contributed by atoms with Gasteiger partial charge in [-0.05, 0) is 41.8 Å². The minimum Gasteiger partial charge on any atom is -0.315 e. The summed E-state index contributed by atoms with van der Waals surface area (Å²) in [6.45, 7) is 29.7. The lowest BCUT2D eigenvalue weighted by atomic mass is 10.2. The molecular weight excluding hydrogens is 319 g/mol. The summed E-state index contributed by atoms with van der Waals surface area (Å²) < 4.78 is 15.7. The van der Waals surface area contributed by atoms with Gasteiger partial charge in [0.1, 0.15) is 0 Å². The molecule has 0 N–H and O–H groups in total. The molecule has 0 aliphatic carbocycles. The maximum atomic E-state index is 15.7. The lowest BCUT2D eigenvalue weighted by Crippen LogP contribution is -2.66. The smallest absolute Gasteiger partial charge is 0.239 e. The number of halogens is 1. The highest BCUT2D eigenvalue weighted by Gasteiger charge is 2.64. The molecule has 0 amide bonds. The van der Waals surface area contributed by atoms with Crippen molar-refractivity contribution in [3.8, 4) is 0 Å². The van der Waals surface area contributed by atoms with Crippen LogP contribution in [0.5, 0.6) is 0 Å². The minimum absolute atomic E-state index is 0.157. The van der Waals surface area contributed by atoms with Crippen LogP contribution in [0.2, 0.25) is 47.6 Å². The first-order valence-corrected chi connectivity index (χ1v) is 17.3. The minimum atomic E-state index is -2.77. The molecule has 0 bridgehead atoms. The molecule has 0 fully saturated rings. The lowest BCUT2D eigenvalue weighted by molar-refractivity contribution is 0.612. The Balaban J connectivity index is 6.95. The molecule has 4 heteroatoms. The van der Waals surface area contributed by atoms with E-state index < -0.39 is 24.6 Å². The van der Waals surface area contributed by atoms with E-state index in [4.69, 9.17) is 0 Å². The molecule has 0 aromatic rings. The number of hydrogen-bond acceptors (Lipinski definition) is 0. The molecule has 0 aromatic carbocycles. The molecule has 1 atom stereocenters. The standard InChI is InChI=1S/C18H41FSi3/c1-15(2)14-22(17(3,4)5,18(6,7)8)16(20(9,10)11)21(12,13)19/h14,16H,1-13H3. The topological polar surface area (TPSA) is 0 Å². The van der Waals surface area contributed by atoms with E-state index in [1.807, 2.05) is 13.1 Å².